The number of para-hydroxylation sites is 2. The number of hydrogen-bond acceptors (Lipinski definition) is 10. The number of amides is 1. The molecule has 6 rings (SSSR count). The van der Waals surface area contributed by atoms with Crippen molar-refractivity contribution < 1.29 is 19.4 Å². The Kier molecular flexibility index (Phi) is 8.54. The second-order valence-electron chi connectivity index (χ2n) is 10.0. The van der Waals surface area contributed by atoms with Crippen LogP contribution in [-0.2, 0) is 16.1 Å². The predicted octanol–water partition coefficient (Wildman–Crippen LogP) is 6.12. The van der Waals surface area contributed by atoms with Gasteiger partial charge in [-0.15, -0.1) is 10.2 Å². The molecule has 1 amide bonds. The Morgan fingerprint density at radius 3 is 2.43 bits per heavy atom. The van der Waals surface area contributed by atoms with Crippen LogP contribution >= 0.6 is 23.1 Å². The molecule has 3 aromatic carbocycles. The Morgan fingerprint density at radius 1 is 0.976 bits per heavy atom. The van der Waals surface area contributed by atoms with Crippen LogP contribution in [0.15, 0.2) is 83.3 Å². The summed E-state index contributed by atoms with van der Waals surface area (Å²) in [5.41, 5.74) is 4.97. The van der Waals surface area contributed by atoms with Gasteiger partial charge in [0, 0.05) is 22.9 Å². The fourth-order valence-corrected chi connectivity index (χ4v) is 6.79. The van der Waals surface area contributed by atoms with E-state index in [0.717, 1.165) is 31.6 Å². The minimum atomic E-state index is -0.610. The van der Waals surface area contributed by atoms with Crippen molar-refractivity contribution in [2.24, 2.45) is 5.92 Å². The fraction of sp³-hybridized carbons (Fsp3) is 0.258. The molecule has 1 saturated heterocycles. The zero-order chi connectivity index (χ0) is 29.1. The van der Waals surface area contributed by atoms with E-state index in [1.165, 1.54) is 6.20 Å². The van der Waals surface area contributed by atoms with E-state index in [1.54, 1.807) is 23.1 Å². The van der Waals surface area contributed by atoms with E-state index in [9.17, 15) is 9.90 Å². The molecular formula is C31H29N5O4S2. The molecule has 9 nitrogen and oxygen atoms in total. The van der Waals surface area contributed by atoms with Gasteiger partial charge in [-0.25, -0.2) is 4.98 Å². The van der Waals surface area contributed by atoms with Gasteiger partial charge in [0.05, 0.1) is 36.0 Å². The Morgan fingerprint density at radius 2 is 1.71 bits per heavy atom. The Bertz CT molecular complexity index is 1680. The van der Waals surface area contributed by atoms with Crippen LogP contribution in [0.2, 0.25) is 0 Å². The highest BCUT2D eigenvalue weighted by Crippen LogP contribution is 2.43. The quantitative estimate of drug-likeness (QED) is 0.203. The van der Waals surface area contributed by atoms with Crippen LogP contribution < -0.4 is 5.32 Å². The second kappa shape index (κ2) is 12.6. The summed E-state index contributed by atoms with van der Waals surface area (Å²) in [6, 6.07) is 22.7. The maximum absolute atomic E-state index is 12.9. The van der Waals surface area contributed by atoms with E-state index >= 15 is 0 Å². The van der Waals surface area contributed by atoms with Gasteiger partial charge in [-0.05, 0) is 42.3 Å². The zero-order valence-corrected chi connectivity index (χ0v) is 24.6. The van der Waals surface area contributed by atoms with E-state index in [2.05, 4.69) is 32.4 Å². The first-order chi connectivity index (χ1) is 20.5. The molecule has 0 aliphatic carbocycles. The van der Waals surface area contributed by atoms with Crippen molar-refractivity contribution in [1.29, 1.82) is 0 Å². The number of thioether (sulfide) groups is 1. The van der Waals surface area contributed by atoms with Crippen LogP contribution in [0, 0.1) is 12.8 Å². The lowest BCUT2D eigenvalue weighted by molar-refractivity contribution is -0.268. The molecule has 2 aromatic heterocycles. The summed E-state index contributed by atoms with van der Waals surface area (Å²) in [4.78, 5) is 21.6. The molecular weight excluding hydrogens is 571 g/mol. The Balaban J connectivity index is 1.19. The molecule has 1 aliphatic heterocycles. The monoisotopic (exact) mass is 599 g/mol. The van der Waals surface area contributed by atoms with E-state index < -0.39 is 6.29 Å². The number of benzene rings is 3. The number of anilines is 1. The van der Waals surface area contributed by atoms with Gasteiger partial charge >= 0.3 is 0 Å². The van der Waals surface area contributed by atoms with Crippen LogP contribution in [0.3, 0.4) is 0 Å². The molecule has 1 fully saturated rings. The zero-order valence-electron chi connectivity index (χ0n) is 23.0. The fourth-order valence-electron chi connectivity index (χ4n) is 4.79. The van der Waals surface area contributed by atoms with Gasteiger partial charge in [-0.3, -0.25) is 9.78 Å². The van der Waals surface area contributed by atoms with Gasteiger partial charge in [-0.2, -0.15) is 0 Å². The number of aliphatic hydroxyl groups is 1. The number of fused-ring (bicyclic) bond motifs is 1. The van der Waals surface area contributed by atoms with Crippen LogP contribution in [0.5, 0.6) is 0 Å². The summed E-state index contributed by atoms with van der Waals surface area (Å²) >= 11 is 3.20. The molecule has 42 heavy (non-hydrogen) atoms. The van der Waals surface area contributed by atoms with Gasteiger partial charge in [0.2, 0.25) is 0 Å². The van der Waals surface area contributed by atoms with E-state index in [1.807, 2.05) is 79.7 Å². The van der Waals surface area contributed by atoms with Gasteiger partial charge in [0.25, 0.3) is 5.91 Å². The normalized spacial score (nSPS) is 20.5. The number of aliphatic hydroxyl groups excluding tert-OH is 1. The molecule has 2 N–H and O–H groups in total. The highest BCUT2D eigenvalue weighted by Gasteiger charge is 2.38. The summed E-state index contributed by atoms with van der Waals surface area (Å²) in [7, 11) is 0. The van der Waals surface area contributed by atoms with Gasteiger partial charge in [0.1, 0.15) is 10.7 Å². The molecule has 5 aromatic rings. The van der Waals surface area contributed by atoms with Gasteiger partial charge < -0.3 is 19.9 Å². The molecule has 3 heterocycles. The van der Waals surface area contributed by atoms with Crippen molar-refractivity contribution in [3.05, 3.63) is 106 Å². The van der Waals surface area contributed by atoms with Gasteiger partial charge in [-0.1, -0.05) is 78.6 Å². The molecule has 0 spiro atoms. The first-order valence-electron chi connectivity index (χ1n) is 13.5. The average molecular weight is 600 g/mol. The smallest absolute Gasteiger partial charge is 0.275 e. The number of ether oxygens (including phenoxy) is 2. The van der Waals surface area contributed by atoms with Crippen molar-refractivity contribution in [3.63, 3.8) is 0 Å². The molecule has 11 heteroatoms. The summed E-state index contributed by atoms with van der Waals surface area (Å²) in [6.45, 7) is 4.06. The number of rotatable bonds is 8. The summed E-state index contributed by atoms with van der Waals surface area (Å²) < 4.78 is 14.0. The van der Waals surface area contributed by atoms with Crippen LogP contribution in [0.1, 0.15) is 51.5 Å². The Labute approximate surface area is 251 Å². The SMILES string of the molecule is Cc1nnc(SC[C@@H]2O[C@H](c3ccc(NC(=O)c4cnc5ccccc5n4)cc3)O[C@H](c3ccc(CO)cc3)[C@@H]2C)s1. The standard InChI is InChI=1S/C31H29N5O4S2/c1-18-27(17-41-31-36-35-19(2)42-31)39-30(40-28(18)21-9-7-20(16-37)8-10-21)22-11-13-23(14-12-22)33-29(38)26-15-32-24-5-3-4-6-25(24)34-26/h3-15,18,27-28,30,37H,16-17H2,1-2H3,(H,33,38)/t18-,27+,28+,30+/m1/s1. The van der Waals surface area contributed by atoms with Crippen molar-refractivity contribution in [2.75, 3.05) is 11.1 Å². The maximum atomic E-state index is 12.9. The summed E-state index contributed by atoms with van der Waals surface area (Å²) in [6.07, 6.45) is 0.530. The number of hydrogen-bond donors (Lipinski definition) is 2. The van der Waals surface area contributed by atoms with Gasteiger partial charge in [0.15, 0.2) is 10.6 Å². The van der Waals surface area contributed by atoms with E-state index in [4.69, 9.17) is 9.47 Å². The lowest BCUT2D eigenvalue weighted by Gasteiger charge is -2.41. The third-order valence-electron chi connectivity index (χ3n) is 7.12. The van der Waals surface area contributed by atoms with Crippen LogP contribution in [0.25, 0.3) is 11.0 Å². The number of carbonyl (C=O) groups excluding carboxylic acids is 1. The number of carbonyl (C=O) groups is 1. The van der Waals surface area contributed by atoms with E-state index in [0.29, 0.717) is 17.0 Å². The average Bonchev–Trinajstić information content (AvgIpc) is 3.45. The molecule has 4 atom stereocenters. The molecule has 0 saturated carbocycles. The highest BCUT2D eigenvalue weighted by atomic mass is 32.2. The highest BCUT2D eigenvalue weighted by molar-refractivity contribution is 8.01. The van der Waals surface area contributed by atoms with Crippen molar-refractivity contribution in [3.8, 4) is 0 Å². The third kappa shape index (κ3) is 6.35. The first kappa shape index (κ1) is 28.4. The number of aromatic nitrogens is 4. The summed E-state index contributed by atoms with van der Waals surface area (Å²) in [5.74, 6) is 0.418. The molecule has 214 valence electrons. The predicted molar refractivity (Wildman–Crippen MR) is 162 cm³/mol. The molecule has 0 radical (unpaired) electrons. The molecule has 0 bridgehead atoms. The summed E-state index contributed by atoms with van der Waals surface area (Å²) in [5, 5.41) is 21.7. The minimum absolute atomic E-state index is 0.00997. The van der Waals surface area contributed by atoms with Crippen LogP contribution in [-0.4, -0.2) is 43.0 Å². The van der Waals surface area contributed by atoms with Crippen molar-refractivity contribution in [1.82, 2.24) is 20.2 Å². The van der Waals surface area contributed by atoms with E-state index in [-0.39, 0.29) is 36.3 Å². The maximum Gasteiger partial charge on any atom is 0.275 e. The molecule has 1 aliphatic rings. The Hall–Kier alpha value is -3.74. The number of nitrogens with one attached hydrogen (secondary N) is 1. The first-order valence-corrected chi connectivity index (χ1v) is 15.3. The number of nitrogens with zero attached hydrogens (tertiary/aromatic N) is 4. The number of aryl methyl sites for hydroxylation is 1. The van der Waals surface area contributed by atoms with Crippen molar-refractivity contribution >= 4 is 45.7 Å². The lowest BCUT2D eigenvalue weighted by Crippen LogP contribution is -2.38. The van der Waals surface area contributed by atoms with Crippen LogP contribution in [0.4, 0.5) is 5.69 Å². The molecule has 0 unspecified atom stereocenters. The topological polar surface area (TPSA) is 119 Å². The second-order valence-corrected chi connectivity index (χ2v) is 12.5. The van der Waals surface area contributed by atoms with Crippen molar-refractivity contribution in [2.45, 2.75) is 43.3 Å². The third-order valence-corrected chi connectivity index (χ3v) is 9.18. The minimum Gasteiger partial charge on any atom is -0.392 e. The largest absolute Gasteiger partial charge is 0.392 e. The lowest BCUT2D eigenvalue weighted by atomic mass is 9.91.